The van der Waals surface area contributed by atoms with Crippen molar-refractivity contribution in [3.63, 3.8) is 0 Å². The van der Waals surface area contributed by atoms with Crippen molar-refractivity contribution in [1.82, 2.24) is 15.2 Å². The van der Waals surface area contributed by atoms with Gasteiger partial charge in [-0.1, -0.05) is 18.1 Å². The van der Waals surface area contributed by atoms with Crippen molar-refractivity contribution < 1.29 is 8.78 Å². The lowest BCUT2D eigenvalue weighted by Crippen LogP contribution is -2.56. The van der Waals surface area contributed by atoms with Gasteiger partial charge in [0.05, 0.1) is 28.1 Å². The molecule has 4 aliphatic rings. The molecule has 1 aromatic carbocycles. The standard InChI is InChI=1S/C24H15F2N3/c1-2-12-5-3-8-19(27-12)24-11-15-21-14(10-23(15,21)24)13-9-18(28-29-22(13)24)20-16(25)6-4-7-17(20)26/h1,3-9,14-15,21H,10-11H2/t14-,15?,21?,23?,24+/m1/s1. The fraction of sp³-hybridized carbons (Fsp3) is 0.292. The number of pyridine rings is 1. The van der Waals surface area contributed by atoms with Crippen molar-refractivity contribution in [2.75, 3.05) is 0 Å². The fourth-order valence-electron chi connectivity index (χ4n) is 7.00. The smallest absolute Gasteiger partial charge is 0.135 e. The van der Waals surface area contributed by atoms with Gasteiger partial charge < -0.3 is 0 Å². The molecule has 29 heavy (non-hydrogen) atoms. The molecule has 2 heterocycles. The summed E-state index contributed by atoms with van der Waals surface area (Å²) in [5, 5.41) is 8.86. The molecule has 0 N–H and O–H groups in total. The van der Waals surface area contributed by atoms with E-state index in [9.17, 15) is 8.78 Å². The van der Waals surface area contributed by atoms with Gasteiger partial charge in [-0.05, 0) is 71.9 Å². The van der Waals surface area contributed by atoms with Crippen molar-refractivity contribution in [3.05, 3.63) is 76.7 Å². The molecule has 5 atom stereocenters. The normalized spacial score (nSPS) is 34.2. The van der Waals surface area contributed by atoms with Crippen LogP contribution < -0.4 is 0 Å². The predicted molar refractivity (Wildman–Crippen MR) is 102 cm³/mol. The zero-order chi connectivity index (χ0) is 19.5. The topological polar surface area (TPSA) is 38.7 Å². The average Bonchev–Trinajstić information content (AvgIpc) is 3.18. The van der Waals surface area contributed by atoms with Crippen LogP contribution >= 0.6 is 0 Å². The highest BCUT2D eigenvalue weighted by atomic mass is 19.1. The minimum atomic E-state index is -0.619. The molecule has 0 aliphatic heterocycles. The number of rotatable bonds is 2. The highest BCUT2D eigenvalue weighted by molar-refractivity contribution is 5.67. The molecule has 0 saturated heterocycles. The van der Waals surface area contributed by atoms with Crippen LogP contribution in [0.4, 0.5) is 8.78 Å². The van der Waals surface area contributed by atoms with Crippen LogP contribution in [0, 0.1) is 41.2 Å². The molecule has 3 nitrogen and oxygen atoms in total. The number of nitrogens with zero attached hydrogens (tertiary/aromatic N) is 3. The Balaban J connectivity index is 1.45. The molecule has 3 saturated carbocycles. The van der Waals surface area contributed by atoms with E-state index in [1.165, 1.54) is 18.2 Å². The quantitative estimate of drug-likeness (QED) is 0.622. The monoisotopic (exact) mass is 383 g/mol. The number of hydrogen-bond acceptors (Lipinski definition) is 3. The van der Waals surface area contributed by atoms with Gasteiger partial charge in [0.25, 0.3) is 0 Å². The number of halogens is 2. The van der Waals surface area contributed by atoms with Crippen LogP contribution in [0.25, 0.3) is 11.3 Å². The van der Waals surface area contributed by atoms with Gasteiger partial charge >= 0.3 is 0 Å². The summed E-state index contributed by atoms with van der Waals surface area (Å²) in [4.78, 5) is 4.76. The SMILES string of the molecule is C#Cc1cccc([C@]23CC4C5[C@H](CC452)c2cc(-c4c(F)cccc4F)nnc23)n1. The molecule has 4 aliphatic carbocycles. The fourth-order valence-corrected chi connectivity index (χ4v) is 7.00. The number of terminal acetylenes is 1. The molecule has 5 heteroatoms. The molecule has 140 valence electrons. The van der Waals surface area contributed by atoms with Gasteiger partial charge in [-0.25, -0.2) is 13.8 Å². The van der Waals surface area contributed by atoms with Gasteiger partial charge in [-0.2, -0.15) is 5.10 Å². The van der Waals surface area contributed by atoms with Crippen molar-refractivity contribution >= 4 is 0 Å². The zero-order valence-electron chi connectivity index (χ0n) is 15.4. The van der Waals surface area contributed by atoms with Crippen LogP contribution in [0.2, 0.25) is 0 Å². The summed E-state index contributed by atoms with van der Waals surface area (Å²) < 4.78 is 28.7. The highest BCUT2D eigenvalue weighted by Crippen LogP contribution is 2.96. The van der Waals surface area contributed by atoms with Crippen molar-refractivity contribution in [2.45, 2.75) is 24.2 Å². The molecular formula is C24H15F2N3. The number of aromatic nitrogens is 3. The average molecular weight is 383 g/mol. The maximum atomic E-state index is 14.3. The molecule has 7 rings (SSSR count). The molecule has 2 bridgehead atoms. The minimum Gasteiger partial charge on any atom is -0.243 e. The summed E-state index contributed by atoms with van der Waals surface area (Å²) in [6, 6.07) is 11.5. The zero-order valence-corrected chi connectivity index (χ0v) is 15.4. The van der Waals surface area contributed by atoms with Crippen molar-refractivity contribution in [3.8, 4) is 23.6 Å². The van der Waals surface area contributed by atoms with Gasteiger partial charge in [-0.15, -0.1) is 11.5 Å². The summed E-state index contributed by atoms with van der Waals surface area (Å²) in [5.41, 5.74) is 3.72. The van der Waals surface area contributed by atoms with E-state index in [0.717, 1.165) is 29.8 Å². The van der Waals surface area contributed by atoms with Crippen LogP contribution in [0.3, 0.4) is 0 Å². The summed E-state index contributed by atoms with van der Waals surface area (Å²) in [7, 11) is 0. The molecule has 3 aromatic rings. The Labute approximate surface area is 166 Å². The van der Waals surface area contributed by atoms with Crippen LogP contribution in [0.15, 0.2) is 42.5 Å². The number of hydrogen-bond donors (Lipinski definition) is 0. The van der Waals surface area contributed by atoms with E-state index in [-0.39, 0.29) is 22.1 Å². The molecule has 0 amide bonds. The van der Waals surface area contributed by atoms with Crippen LogP contribution in [0.5, 0.6) is 0 Å². The first-order valence-electron chi connectivity index (χ1n) is 9.88. The van der Waals surface area contributed by atoms with Crippen LogP contribution in [-0.4, -0.2) is 15.2 Å². The molecule has 3 fully saturated rings. The Bertz CT molecular complexity index is 1280. The molecule has 2 aromatic heterocycles. The lowest BCUT2D eigenvalue weighted by molar-refractivity contribution is 0.0503. The van der Waals surface area contributed by atoms with Gasteiger partial charge in [0.1, 0.15) is 17.3 Å². The third kappa shape index (κ3) is 1.51. The van der Waals surface area contributed by atoms with E-state index in [4.69, 9.17) is 11.4 Å². The Morgan fingerprint density at radius 2 is 1.83 bits per heavy atom. The first kappa shape index (κ1) is 15.8. The van der Waals surface area contributed by atoms with E-state index in [1.54, 1.807) is 0 Å². The molecule has 0 radical (unpaired) electrons. The number of fused-ring (bicyclic) bond motifs is 3. The predicted octanol–water partition coefficient (Wildman–Crippen LogP) is 4.22. The first-order valence-corrected chi connectivity index (χ1v) is 9.88. The van der Waals surface area contributed by atoms with Crippen molar-refractivity contribution in [1.29, 1.82) is 0 Å². The van der Waals surface area contributed by atoms with E-state index in [0.29, 0.717) is 23.4 Å². The Morgan fingerprint density at radius 3 is 2.59 bits per heavy atom. The van der Waals surface area contributed by atoms with Gasteiger partial charge in [0.15, 0.2) is 0 Å². The van der Waals surface area contributed by atoms with E-state index in [2.05, 4.69) is 16.1 Å². The third-order valence-electron chi connectivity index (χ3n) is 8.07. The van der Waals surface area contributed by atoms with Gasteiger partial charge in [0.2, 0.25) is 0 Å². The van der Waals surface area contributed by atoms with Crippen LogP contribution in [-0.2, 0) is 5.41 Å². The van der Waals surface area contributed by atoms with Gasteiger partial charge in [0, 0.05) is 0 Å². The van der Waals surface area contributed by atoms with E-state index in [1.807, 2.05) is 24.3 Å². The largest absolute Gasteiger partial charge is 0.243 e. The van der Waals surface area contributed by atoms with E-state index >= 15 is 0 Å². The minimum absolute atomic E-state index is 0.108. The maximum absolute atomic E-state index is 14.3. The highest BCUT2D eigenvalue weighted by Gasteiger charge is 2.93. The summed E-state index contributed by atoms with van der Waals surface area (Å²) in [5.74, 6) is 3.11. The second kappa shape index (κ2) is 4.71. The summed E-state index contributed by atoms with van der Waals surface area (Å²) >= 11 is 0. The second-order valence-electron chi connectivity index (χ2n) is 8.78. The van der Waals surface area contributed by atoms with Crippen molar-refractivity contribution in [2.24, 2.45) is 17.3 Å². The Kier molecular flexibility index (Phi) is 2.56. The van der Waals surface area contributed by atoms with Gasteiger partial charge in [-0.3, -0.25) is 0 Å². The molecule has 1 spiro atoms. The Morgan fingerprint density at radius 1 is 1.03 bits per heavy atom. The summed E-state index contributed by atoms with van der Waals surface area (Å²) in [6.45, 7) is 0. The van der Waals surface area contributed by atoms with Crippen LogP contribution in [0.1, 0.15) is 41.4 Å². The molecule has 3 unspecified atom stereocenters. The summed E-state index contributed by atoms with van der Waals surface area (Å²) in [6.07, 6.45) is 7.68. The second-order valence-corrected chi connectivity index (χ2v) is 8.78. The third-order valence-corrected chi connectivity index (χ3v) is 8.07. The molecular weight excluding hydrogens is 368 g/mol. The lowest BCUT2D eigenvalue weighted by atomic mass is 9.45. The lowest BCUT2D eigenvalue weighted by Gasteiger charge is -2.58. The van der Waals surface area contributed by atoms with E-state index < -0.39 is 11.6 Å². The maximum Gasteiger partial charge on any atom is 0.135 e. The number of benzene rings is 1. The first-order chi connectivity index (χ1) is 14.1. The Hall–Kier alpha value is -3.13.